The molecule has 1 aliphatic heterocycles. The van der Waals surface area contributed by atoms with E-state index in [1.54, 1.807) is 32.3 Å². The Morgan fingerprint density at radius 1 is 1.45 bits per heavy atom. The van der Waals surface area contributed by atoms with Crippen molar-refractivity contribution >= 4 is 75.3 Å². The van der Waals surface area contributed by atoms with Crippen LogP contribution in [0.15, 0.2) is 48.7 Å². The number of carbonyl (C=O) groups is 1. The van der Waals surface area contributed by atoms with Crippen molar-refractivity contribution in [2.24, 2.45) is 0 Å². The number of hydrogen-bond acceptors (Lipinski definition) is 5. The van der Waals surface area contributed by atoms with Gasteiger partial charge in [0.25, 0.3) is 0 Å². The van der Waals surface area contributed by atoms with E-state index in [1.807, 2.05) is 22.8 Å². The van der Waals surface area contributed by atoms with Gasteiger partial charge in [-0.05, 0) is 17.7 Å². The number of allylic oxidation sites excluding steroid dienone is 2. The Balaban J connectivity index is 1.93. The van der Waals surface area contributed by atoms with Crippen LogP contribution in [0.25, 0.3) is 6.08 Å². The van der Waals surface area contributed by atoms with E-state index >= 15 is 0 Å². The third-order valence-corrected chi connectivity index (χ3v) is 15.8. The number of nitrogens with one attached hydrogen (secondary N) is 1. The van der Waals surface area contributed by atoms with Crippen molar-refractivity contribution < 1.29 is 14.4 Å². The number of amides is 1. The summed E-state index contributed by atoms with van der Waals surface area (Å²) in [5, 5.41) is 3.59. The molecule has 3 rings (SSSR count). The topological polar surface area (TPSA) is 63.5 Å². The molecule has 0 radical (unpaired) electrons. The minimum atomic E-state index is -1.08. The van der Waals surface area contributed by atoms with Gasteiger partial charge in [0.1, 0.15) is 0 Å². The zero-order valence-corrected chi connectivity index (χ0v) is 25.5. The maximum atomic E-state index is 13.0. The van der Waals surface area contributed by atoms with Crippen molar-refractivity contribution in [3.05, 3.63) is 80.6 Å². The van der Waals surface area contributed by atoms with Gasteiger partial charge in [-0.1, -0.05) is 23.7 Å². The summed E-state index contributed by atoms with van der Waals surface area (Å²) in [5.74, 6) is 5.84. The first-order valence-corrected chi connectivity index (χ1v) is 19.2. The summed E-state index contributed by atoms with van der Waals surface area (Å²) in [6.45, 7) is 5.83. The van der Waals surface area contributed by atoms with Crippen LogP contribution in [0.3, 0.4) is 0 Å². The molecule has 1 unspecified atom stereocenters. The average Bonchev–Trinajstić information content (AvgIpc) is 2.83. The number of fused-ring (bicyclic) bond motifs is 1. The average molecular weight is 708 g/mol. The quantitative estimate of drug-likeness (QED) is 0.139. The fourth-order valence-electron chi connectivity index (χ4n) is 3.15. The number of rotatable bonds is 7. The fourth-order valence-corrected chi connectivity index (χ4v) is 6.92. The van der Waals surface area contributed by atoms with Gasteiger partial charge in [0.2, 0.25) is 0 Å². The van der Waals surface area contributed by atoms with E-state index < -0.39 is 7.35 Å². The van der Waals surface area contributed by atoms with E-state index in [9.17, 15) is 9.69 Å². The molecule has 168 valence electrons. The standard InChI is InChI=1S/C23H21ClN2O3PS2.Tl/c1-2-16(4-3-11-30(28)32)12-19-21-15-29-10-9-26(21)14-20(22(19)31)23(27)25-13-17-5-7-18(24)8-6-17;/h2,5-8,12,14,28H,1,9-11,13,15H2,(H,25,27);/q-1;+1/b16-12+;. The molecule has 33 heavy (non-hydrogen) atoms. The monoisotopic (exact) mass is 708 g/mol. The van der Waals surface area contributed by atoms with Gasteiger partial charge in [-0.25, -0.2) is 0 Å². The molecule has 2 N–H and O–H groups in total. The normalized spacial score (nSPS) is 13.9. The number of hydrogen-bond donors (Lipinski definition) is 2. The first kappa shape index (κ1) is 26.6. The second-order valence-corrected chi connectivity index (χ2v) is 18.4. The van der Waals surface area contributed by atoms with Crippen molar-refractivity contribution in [1.29, 1.82) is 0 Å². The SMILES string of the molecule is C=C/C(C#CCP(O)[S][Tl])=C\c1c2n(cc(C(=O)NCc3ccc(Cl)cc3)c1=S)CCOC2. The van der Waals surface area contributed by atoms with Crippen molar-refractivity contribution in [3.63, 3.8) is 0 Å². The Hall–Kier alpha value is -0.988. The van der Waals surface area contributed by atoms with Gasteiger partial charge in [-0.3, -0.25) is 0 Å². The van der Waals surface area contributed by atoms with Crippen LogP contribution in [-0.2, 0) is 24.4 Å². The predicted molar refractivity (Wildman–Crippen MR) is 141 cm³/mol. The zero-order valence-electron chi connectivity index (χ0n) is 17.7. The number of pyridine rings is 1. The van der Waals surface area contributed by atoms with E-state index in [4.69, 9.17) is 28.6 Å². The molecule has 0 saturated heterocycles. The molecule has 5 nitrogen and oxygen atoms in total. The van der Waals surface area contributed by atoms with Gasteiger partial charge in [0.05, 0.1) is 0 Å². The van der Waals surface area contributed by atoms with Crippen molar-refractivity contribution in [2.75, 3.05) is 12.8 Å². The number of halogens is 1. The van der Waals surface area contributed by atoms with E-state index in [-0.39, 0.29) is 5.91 Å². The summed E-state index contributed by atoms with van der Waals surface area (Å²) in [5.41, 5.74) is 3.69. The Kier molecular flexibility index (Phi) is 10.6. The second kappa shape index (κ2) is 13.2. The van der Waals surface area contributed by atoms with E-state index in [0.29, 0.717) is 77.4 Å². The van der Waals surface area contributed by atoms with Crippen LogP contribution >= 0.6 is 39.1 Å². The third kappa shape index (κ3) is 7.50. The number of ether oxygens (including phenoxy) is 1. The molecule has 0 bridgehead atoms. The molecule has 0 aliphatic carbocycles. The van der Waals surface area contributed by atoms with Gasteiger partial charge in [-0.2, -0.15) is 0 Å². The number of carbonyl (C=O) groups excluding carboxylic acids is 1. The number of nitrogens with zero attached hydrogens (tertiary/aromatic N) is 1. The molecule has 0 saturated carbocycles. The molecule has 1 atom stereocenters. The molecule has 10 heteroatoms. The Morgan fingerprint density at radius 3 is 2.91 bits per heavy atom. The Morgan fingerprint density at radius 2 is 2.21 bits per heavy atom. The van der Waals surface area contributed by atoms with Gasteiger partial charge < -0.3 is 0 Å². The zero-order chi connectivity index (χ0) is 23.8. The van der Waals surface area contributed by atoms with Crippen molar-refractivity contribution in [1.82, 2.24) is 9.88 Å². The van der Waals surface area contributed by atoms with Crippen LogP contribution in [0.1, 0.15) is 27.2 Å². The predicted octanol–water partition coefficient (Wildman–Crippen LogP) is 5.02. The van der Waals surface area contributed by atoms with Crippen molar-refractivity contribution in [2.45, 2.75) is 19.7 Å². The first-order chi connectivity index (χ1) is 15.9. The number of aromatic nitrogens is 1. The molecular weight excluding hydrogens is 687 g/mol. The van der Waals surface area contributed by atoms with Crippen LogP contribution in [0, 0.1) is 16.4 Å². The molecule has 2 heterocycles. The molecule has 2 aromatic rings. The first-order valence-electron chi connectivity index (χ1n) is 9.96. The van der Waals surface area contributed by atoms with Gasteiger partial charge in [0.15, 0.2) is 0 Å². The molecule has 1 aliphatic rings. The molecule has 0 fully saturated rings. The summed E-state index contributed by atoms with van der Waals surface area (Å²) in [6, 6.07) is 7.33. The van der Waals surface area contributed by atoms with Crippen LogP contribution in [0.4, 0.5) is 0 Å². The molecule has 0 spiro atoms. The van der Waals surface area contributed by atoms with E-state index in [2.05, 4.69) is 23.7 Å². The van der Waals surface area contributed by atoms with Gasteiger partial charge >= 0.3 is 172 Å². The fraction of sp³-hybridized carbons (Fsp3) is 0.217. The summed E-state index contributed by atoms with van der Waals surface area (Å²) in [4.78, 5) is 22.9. The summed E-state index contributed by atoms with van der Waals surface area (Å²) in [6.07, 6.45) is 5.76. The van der Waals surface area contributed by atoms with Crippen LogP contribution < -0.4 is 5.32 Å². The van der Waals surface area contributed by atoms with E-state index in [1.165, 1.54) is 0 Å². The van der Waals surface area contributed by atoms with Gasteiger partial charge in [0, 0.05) is 11.6 Å². The number of benzene rings is 1. The second-order valence-electron chi connectivity index (χ2n) is 7.01. The Labute approximate surface area is 223 Å². The minimum absolute atomic E-state index is 0.242. The van der Waals surface area contributed by atoms with Crippen LogP contribution in [-0.4, -0.2) is 52.4 Å². The van der Waals surface area contributed by atoms with Crippen LogP contribution in [0.2, 0.25) is 5.02 Å². The summed E-state index contributed by atoms with van der Waals surface area (Å²) >= 11 is 12.4. The maximum absolute atomic E-state index is 13.0. The van der Waals surface area contributed by atoms with Gasteiger partial charge in [-0.15, -0.1) is 0 Å². The summed E-state index contributed by atoms with van der Waals surface area (Å²) in [7, 11) is 0.493. The molecule has 1 aromatic heterocycles. The van der Waals surface area contributed by atoms with Crippen LogP contribution in [0.5, 0.6) is 0 Å². The summed E-state index contributed by atoms with van der Waals surface area (Å²) < 4.78 is 8.11. The third-order valence-electron chi connectivity index (χ3n) is 4.85. The molecule has 1 aromatic carbocycles. The van der Waals surface area contributed by atoms with Crippen molar-refractivity contribution in [3.8, 4) is 11.8 Å². The van der Waals surface area contributed by atoms with E-state index in [0.717, 1.165) is 16.8 Å². The molecular formula is C23H21ClN2O3PS2Tl. The molecule has 1 amide bonds. The Bertz CT molecular complexity index is 1190.